The van der Waals surface area contributed by atoms with Crippen molar-refractivity contribution in [2.45, 2.75) is 12.8 Å². The van der Waals surface area contributed by atoms with E-state index in [1.54, 1.807) is 0 Å². The number of carbonyl (C=O) groups excluding carboxylic acids is 2. The van der Waals surface area contributed by atoms with Gasteiger partial charge in [0, 0.05) is 5.92 Å². The first-order valence-corrected chi connectivity index (χ1v) is 7.39. The van der Waals surface area contributed by atoms with Gasteiger partial charge in [0.1, 0.15) is 13.2 Å². The highest BCUT2D eigenvalue weighted by Gasteiger charge is 2.28. The molecule has 3 rings (SSSR count). The number of ether oxygens (including phenoxy) is 1. The molecular formula is C18H17NO4. The maximum atomic E-state index is 11.6. The molecule has 0 fully saturated rings. The summed E-state index contributed by atoms with van der Waals surface area (Å²) in [4.78, 5) is 27.1. The molecule has 1 N–H and O–H groups in total. The van der Waals surface area contributed by atoms with Gasteiger partial charge in [0.2, 0.25) is 0 Å². The van der Waals surface area contributed by atoms with Gasteiger partial charge in [-0.15, -0.1) is 0 Å². The number of rotatable bonds is 5. The molecule has 0 saturated heterocycles. The minimum Gasteiger partial charge on any atom is -0.447 e. The summed E-state index contributed by atoms with van der Waals surface area (Å²) in [7, 11) is 0. The number of amides is 1. The third-order valence-corrected chi connectivity index (χ3v) is 3.77. The maximum Gasteiger partial charge on any atom is 0.431 e. The molecule has 0 spiro atoms. The van der Waals surface area contributed by atoms with Crippen molar-refractivity contribution in [3.8, 4) is 11.1 Å². The highest BCUT2D eigenvalue weighted by Crippen LogP contribution is 2.44. The Morgan fingerprint density at radius 1 is 1.00 bits per heavy atom. The standard InChI is InChI=1S/C18H17NO4/c1-12(20)10-23-19-18(21)22-11-17-15-8-4-2-6-13(15)14-7-3-5-9-16(14)17/h2-9,17H,10-11H2,1H3,(H,19,21). The number of hydrogen-bond acceptors (Lipinski definition) is 4. The van der Waals surface area contributed by atoms with E-state index in [1.807, 2.05) is 36.4 Å². The Bertz CT molecular complexity index is 696. The van der Waals surface area contributed by atoms with Crippen LogP contribution in [-0.4, -0.2) is 25.1 Å². The molecule has 1 aliphatic carbocycles. The quantitative estimate of drug-likeness (QED) is 0.862. The van der Waals surface area contributed by atoms with Crippen molar-refractivity contribution in [1.29, 1.82) is 0 Å². The zero-order chi connectivity index (χ0) is 16.2. The lowest BCUT2D eigenvalue weighted by atomic mass is 9.98. The number of Topliss-reactive ketones (excluding diaryl/α,β-unsaturated/α-hetero) is 1. The van der Waals surface area contributed by atoms with E-state index in [9.17, 15) is 9.59 Å². The van der Waals surface area contributed by atoms with Crippen LogP contribution in [0.15, 0.2) is 48.5 Å². The SMILES string of the molecule is CC(=O)CONC(=O)OCC1c2ccccc2-c2ccccc21. The van der Waals surface area contributed by atoms with Crippen LogP contribution >= 0.6 is 0 Å². The van der Waals surface area contributed by atoms with Crippen LogP contribution in [0.1, 0.15) is 24.0 Å². The number of carbonyl (C=O) groups is 2. The molecule has 23 heavy (non-hydrogen) atoms. The van der Waals surface area contributed by atoms with E-state index in [0.717, 1.165) is 11.1 Å². The van der Waals surface area contributed by atoms with E-state index in [-0.39, 0.29) is 24.9 Å². The fourth-order valence-electron chi connectivity index (χ4n) is 2.82. The minimum atomic E-state index is -0.701. The first kappa shape index (κ1) is 15.2. The first-order valence-electron chi connectivity index (χ1n) is 7.39. The topological polar surface area (TPSA) is 64.6 Å². The molecule has 0 heterocycles. The van der Waals surface area contributed by atoms with Gasteiger partial charge in [0.25, 0.3) is 0 Å². The predicted molar refractivity (Wildman–Crippen MR) is 84.8 cm³/mol. The zero-order valence-electron chi connectivity index (χ0n) is 12.7. The lowest BCUT2D eigenvalue weighted by Crippen LogP contribution is -2.28. The third-order valence-electron chi connectivity index (χ3n) is 3.77. The summed E-state index contributed by atoms with van der Waals surface area (Å²) in [5, 5.41) is 0. The molecule has 1 aliphatic rings. The van der Waals surface area contributed by atoms with Crippen LogP contribution < -0.4 is 5.48 Å². The highest BCUT2D eigenvalue weighted by molar-refractivity contribution is 5.79. The lowest BCUT2D eigenvalue weighted by molar-refractivity contribution is -0.123. The van der Waals surface area contributed by atoms with E-state index < -0.39 is 6.09 Å². The molecule has 5 nitrogen and oxygen atoms in total. The van der Waals surface area contributed by atoms with Crippen LogP contribution in [0.2, 0.25) is 0 Å². The summed E-state index contributed by atoms with van der Waals surface area (Å²) >= 11 is 0. The van der Waals surface area contributed by atoms with Gasteiger partial charge in [-0.2, -0.15) is 5.48 Å². The summed E-state index contributed by atoms with van der Waals surface area (Å²) in [5.74, 6) is -0.176. The van der Waals surface area contributed by atoms with Crippen molar-refractivity contribution in [1.82, 2.24) is 5.48 Å². The molecule has 0 aliphatic heterocycles. The lowest BCUT2D eigenvalue weighted by Gasteiger charge is -2.14. The smallest absolute Gasteiger partial charge is 0.431 e. The van der Waals surface area contributed by atoms with Crippen LogP contribution in [0.25, 0.3) is 11.1 Å². The van der Waals surface area contributed by atoms with Gasteiger partial charge in [0.05, 0.1) is 0 Å². The van der Waals surface area contributed by atoms with Crippen LogP contribution in [0.5, 0.6) is 0 Å². The average molecular weight is 311 g/mol. The largest absolute Gasteiger partial charge is 0.447 e. The second kappa shape index (κ2) is 6.62. The number of ketones is 1. The molecule has 5 heteroatoms. The fourth-order valence-corrected chi connectivity index (χ4v) is 2.82. The van der Waals surface area contributed by atoms with Gasteiger partial charge in [-0.3, -0.25) is 9.63 Å². The van der Waals surface area contributed by atoms with Gasteiger partial charge in [-0.1, -0.05) is 48.5 Å². The Morgan fingerprint density at radius 3 is 2.13 bits per heavy atom. The Labute approximate surface area is 134 Å². The number of nitrogens with one attached hydrogen (secondary N) is 1. The summed E-state index contributed by atoms with van der Waals surface area (Å²) in [6, 6.07) is 16.2. The minimum absolute atomic E-state index is 0.000886. The Morgan fingerprint density at radius 2 is 1.57 bits per heavy atom. The molecule has 2 aromatic rings. The van der Waals surface area contributed by atoms with Crippen molar-refractivity contribution >= 4 is 11.9 Å². The Kier molecular flexibility index (Phi) is 4.39. The van der Waals surface area contributed by atoms with Crippen molar-refractivity contribution < 1.29 is 19.2 Å². The number of benzene rings is 2. The second-order valence-corrected chi connectivity index (χ2v) is 5.42. The van der Waals surface area contributed by atoms with Gasteiger partial charge < -0.3 is 4.74 Å². The molecule has 0 saturated carbocycles. The molecule has 0 bridgehead atoms. The third kappa shape index (κ3) is 3.24. The molecular weight excluding hydrogens is 294 g/mol. The highest BCUT2D eigenvalue weighted by atomic mass is 16.7. The molecule has 0 radical (unpaired) electrons. The summed E-state index contributed by atoms with van der Waals surface area (Å²) in [6.07, 6.45) is -0.701. The van der Waals surface area contributed by atoms with Crippen molar-refractivity contribution in [3.63, 3.8) is 0 Å². The monoisotopic (exact) mass is 311 g/mol. The fraction of sp³-hybridized carbons (Fsp3) is 0.222. The average Bonchev–Trinajstić information content (AvgIpc) is 2.87. The van der Waals surface area contributed by atoms with E-state index in [0.29, 0.717) is 0 Å². The second-order valence-electron chi connectivity index (χ2n) is 5.42. The molecule has 1 amide bonds. The Balaban J connectivity index is 1.69. The molecule has 118 valence electrons. The van der Waals surface area contributed by atoms with Gasteiger partial charge in [-0.25, -0.2) is 4.79 Å². The normalized spacial score (nSPS) is 12.4. The van der Waals surface area contributed by atoms with Crippen molar-refractivity contribution in [2.24, 2.45) is 0 Å². The number of fused-ring (bicyclic) bond motifs is 3. The van der Waals surface area contributed by atoms with E-state index in [4.69, 9.17) is 9.57 Å². The number of hydroxylamine groups is 1. The molecule has 0 atom stereocenters. The van der Waals surface area contributed by atoms with Crippen LogP contribution in [-0.2, 0) is 14.4 Å². The predicted octanol–water partition coefficient (Wildman–Crippen LogP) is 3.05. The molecule has 0 aromatic heterocycles. The Hall–Kier alpha value is -2.66. The van der Waals surface area contributed by atoms with Crippen LogP contribution in [0, 0.1) is 0 Å². The van der Waals surface area contributed by atoms with Crippen LogP contribution in [0.3, 0.4) is 0 Å². The molecule has 0 unspecified atom stereocenters. The van der Waals surface area contributed by atoms with Gasteiger partial charge in [-0.05, 0) is 29.2 Å². The first-order chi connectivity index (χ1) is 11.2. The van der Waals surface area contributed by atoms with Crippen LogP contribution in [0.4, 0.5) is 4.79 Å². The van der Waals surface area contributed by atoms with Crippen molar-refractivity contribution in [2.75, 3.05) is 13.2 Å². The van der Waals surface area contributed by atoms with Crippen molar-refractivity contribution in [3.05, 3.63) is 59.7 Å². The van der Waals surface area contributed by atoms with Gasteiger partial charge >= 0.3 is 6.09 Å². The summed E-state index contributed by atoms with van der Waals surface area (Å²) in [6.45, 7) is 1.41. The summed E-state index contributed by atoms with van der Waals surface area (Å²) in [5.41, 5.74) is 6.74. The van der Waals surface area contributed by atoms with E-state index in [2.05, 4.69) is 17.6 Å². The maximum absolute atomic E-state index is 11.6. The number of hydrogen-bond donors (Lipinski definition) is 1. The van der Waals surface area contributed by atoms with E-state index >= 15 is 0 Å². The van der Waals surface area contributed by atoms with E-state index in [1.165, 1.54) is 18.1 Å². The zero-order valence-corrected chi connectivity index (χ0v) is 12.7. The summed E-state index contributed by atoms with van der Waals surface area (Å²) < 4.78 is 5.24. The molecule has 2 aromatic carbocycles. The van der Waals surface area contributed by atoms with Gasteiger partial charge in [0.15, 0.2) is 5.78 Å².